The maximum Gasteiger partial charge on any atom is 0.237 e. The molecule has 3 N–H and O–H groups in total. The second-order valence-electron chi connectivity index (χ2n) is 7.38. The lowest BCUT2D eigenvalue weighted by Crippen LogP contribution is -2.48. The first-order valence-electron chi connectivity index (χ1n) is 8.41. The van der Waals surface area contributed by atoms with E-state index in [1.807, 2.05) is 0 Å². The molecule has 0 bridgehead atoms. The Balaban J connectivity index is 1.47. The molecule has 3 fully saturated rings. The zero-order valence-electron chi connectivity index (χ0n) is 12.7. The molecule has 0 aromatic carbocycles. The van der Waals surface area contributed by atoms with Gasteiger partial charge in [0.25, 0.3) is 0 Å². The molecule has 0 radical (unpaired) electrons. The highest BCUT2D eigenvalue weighted by Gasteiger charge is 2.38. The number of hydrogen-bond donors (Lipinski definition) is 3. The van der Waals surface area contributed by atoms with Crippen LogP contribution in [0.15, 0.2) is 0 Å². The van der Waals surface area contributed by atoms with Crippen molar-refractivity contribution in [3.05, 3.63) is 0 Å². The first kappa shape index (κ1) is 14.3. The molecule has 1 aliphatic carbocycles. The zero-order valence-corrected chi connectivity index (χ0v) is 12.7. The highest BCUT2D eigenvalue weighted by Crippen LogP contribution is 2.33. The number of carbonyl (C=O) groups is 1. The molecule has 114 valence electrons. The maximum atomic E-state index is 12.4. The van der Waals surface area contributed by atoms with Gasteiger partial charge < -0.3 is 16.0 Å². The molecular formula is C16H29N3O. The van der Waals surface area contributed by atoms with Gasteiger partial charge in [-0.3, -0.25) is 4.79 Å². The Labute approximate surface area is 122 Å². The second-order valence-corrected chi connectivity index (χ2v) is 7.38. The van der Waals surface area contributed by atoms with Crippen molar-refractivity contribution in [3.8, 4) is 0 Å². The molecule has 20 heavy (non-hydrogen) atoms. The Morgan fingerprint density at radius 3 is 2.75 bits per heavy atom. The van der Waals surface area contributed by atoms with Crippen LogP contribution in [0.5, 0.6) is 0 Å². The summed E-state index contributed by atoms with van der Waals surface area (Å²) in [6.45, 7) is 5.30. The van der Waals surface area contributed by atoms with E-state index in [0.29, 0.717) is 6.04 Å². The van der Waals surface area contributed by atoms with Crippen LogP contribution in [0, 0.1) is 11.3 Å². The van der Waals surface area contributed by atoms with Crippen molar-refractivity contribution in [1.29, 1.82) is 0 Å². The number of amides is 1. The van der Waals surface area contributed by atoms with Gasteiger partial charge in [-0.1, -0.05) is 19.8 Å². The van der Waals surface area contributed by atoms with Crippen LogP contribution < -0.4 is 16.0 Å². The molecule has 4 heteroatoms. The van der Waals surface area contributed by atoms with Crippen LogP contribution in [-0.2, 0) is 4.79 Å². The van der Waals surface area contributed by atoms with Gasteiger partial charge in [0.1, 0.15) is 0 Å². The molecule has 0 aromatic heterocycles. The van der Waals surface area contributed by atoms with Gasteiger partial charge >= 0.3 is 0 Å². The SMILES string of the molecule is CC1(CNC(=O)C2CC3CCCCC3N2)CCNCC1. The predicted octanol–water partition coefficient (Wildman–Crippen LogP) is 1.41. The Morgan fingerprint density at radius 2 is 2.00 bits per heavy atom. The van der Waals surface area contributed by atoms with Gasteiger partial charge in [0.2, 0.25) is 5.91 Å². The average molecular weight is 279 g/mol. The van der Waals surface area contributed by atoms with E-state index in [9.17, 15) is 4.79 Å². The van der Waals surface area contributed by atoms with Crippen molar-refractivity contribution in [2.24, 2.45) is 11.3 Å². The number of nitrogens with one attached hydrogen (secondary N) is 3. The summed E-state index contributed by atoms with van der Waals surface area (Å²) in [4.78, 5) is 12.4. The topological polar surface area (TPSA) is 53.2 Å². The van der Waals surface area contributed by atoms with Gasteiger partial charge in [0.05, 0.1) is 6.04 Å². The molecule has 1 saturated carbocycles. The number of carbonyl (C=O) groups excluding carboxylic acids is 1. The summed E-state index contributed by atoms with van der Waals surface area (Å²) in [5.41, 5.74) is 0.284. The molecule has 2 aliphatic heterocycles. The van der Waals surface area contributed by atoms with Crippen LogP contribution in [0.3, 0.4) is 0 Å². The summed E-state index contributed by atoms with van der Waals surface area (Å²) < 4.78 is 0. The van der Waals surface area contributed by atoms with Crippen molar-refractivity contribution in [2.45, 2.75) is 64.0 Å². The Hall–Kier alpha value is -0.610. The van der Waals surface area contributed by atoms with Gasteiger partial charge in [-0.05, 0) is 56.5 Å². The minimum Gasteiger partial charge on any atom is -0.354 e. The highest BCUT2D eigenvalue weighted by atomic mass is 16.2. The molecule has 0 spiro atoms. The third kappa shape index (κ3) is 3.17. The largest absolute Gasteiger partial charge is 0.354 e. The monoisotopic (exact) mass is 279 g/mol. The van der Waals surface area contributed by atoms with E-state index in [0.717, 1.165) is 44.8 Å². The quantitative estimate of drug-likeness (QED) is 0.732. The Morgan fingerprint density at radius 1 is 1.25 bits per heavy atom. The van der Waals surface area contributed by atoms with E-state index in [2.05, 4.69) is 22.9 Å². The van der Waals surface area contributed by atoms with Crippen molar-refractivity contribution < 1.29 is 4.79 Å². The summed E-state index contributed by atoms with van der Waals surface area (Å²) in [6.07, 6.45) is 8.63. The van der Waals surface area contributed by atoms with Gasteiger partial charge in [-0.25, -0.2) is 0 Å². The van der Waals surface area contributed by atoms with Crippen molar-refractivity contribution in [1.82, 2.24) is 16.0 Å². The van der Waals surface area contributed by atoms with Gasteiger partial charge in [-0.2, -0.15) is 0 Å². The van der Waals surface area contributed by atoms with Crippen LogP contribution >= 0.6 is 0 Å². The molecule has 2 heterocycles. The Bertz CT molecular complexity index is 338. The predicted molar refractivity (Wildman–Crippen MR) is 80.5 cm³/mol. The smallest absolute Gasteiger partial charge is 0.237 e. The van der Waals surface area contributed by atoms with Gasteiger partial charge in [0.15, 0.2) is 0 Å². The van der Waals surface area contributed by atoms with E-state index >= 15 is 0 Å². The summed E-state index contributed by atoms with van der Waals surface area (Å²) in [5, 5.41) is 10.2. The summed E-state index contributed by atoms with van der Waals surface area (Å²) in [7, 11) is 0. The van der Waals surface area contributed by atoms with Gasteiger partial charge in [-0.15, -0.1) is 0 Å². The minimum absolute atomic E-state index is 0.0633. The summed E-state index contributed by atoms with van der Waals surface area (Å²) >= 11 is 0. The normalized spacial score (nSPS) is 36.4. The molecule has 3 atom stereocenters. The fourth-order valence-electron chi connectivity index (χ4n) is 4.15. The third-order valence-corrected chi connectivity index (χ3v) is 5.68. The first-order chi connectivity index (χ1) is 9.66. The number of rotatable bonds is 3. The molecule has 0 aromatic rings. The van der Waals surface area contributed by atoms with Gasteiger partial charge in [0, 0.05) is 12.6 Å². The fourth-order valence-corrected chi connectivity index (χ4v) is 4.15. The van der Waals surface area contributed by atoms with Crippen LogP contribution in [0.2, 0.25) is 0 Å². The van der Waals surface area contributed by atoms with E-state index in [-0.39, 0.29) is 17.4 Å². The lowest BCUT2D eigenvalue weighted by Gasteiger charge is -2.34. The van der Waals surface area contributed by atoms with E-state index in [1.165, 1.54) is 25.7 Å². The third-order valence-electron chi connectivity index (χ3n) is 5.68. The Kier molecular flexibility index (Phi) is 4.32. The fraction of sp³-hybridized carbons (Fsp3) is 0.938. The number of piperidine rings is 1. The van der Waals surface area contributed by atoms with Crippen LogP contribution in [0.25, 0.3) is 0 Å². The molecule has 1 amide bonds. The summed E-state index contributed by atoms with van der Waals surface area (Å²) in [5.74, 6) is 0.980. The van der Waals surface area contributed by atoms with E-state index in [4.69, 9.17) is 0 Å². The van der Waals surface area contributed by atoms with Crippen LogP contribution in [-0.4, -0.2) is 37.6 Å². The molecule has 2 saturated heterocycles. The molecule has 3 rings (SSSR count). The number of hydrogen-bond acceptors (Lipinski definition) is 3. The zero-order chi connectivity index (χ0) is 14.0. The van der Waals surface area contributed by atoms with Crippen molar-refractivity contribution >= 4 is 5.91 Å². The standard InChI is InChI=1S/C16H29N3O/c1-16(6-8-17-9-7-16)11-18-15(20)14-10-12-4-2-3-5-13(12)19-14/h12-14,17,19H,2-11H2,1H3,(H,18,20). The van der Waals surface area contributed by atoms with Crippen LogP contribution in [0.4, 0.5) is 0 Å². The lowest BCUT2D eigenvalue weighted by molar-refractivity contribution is -0.123. The molecule has 3 unspecified atom stereocenters. The molecule has 3 aliphatic rings. The highest BCUT2D eigenvalue weighted by molar-refractivity contribution is 5.82. The lowest BCUT2D eigenvalue weighted by atomic mass is 9.81. The second kappa shape index (κ2) is 6.02. The molecular weight excluding hydrogens is 250 g/mol. The maximum absolute atomic E-state index is 12.4. The minimum atomic E-state index is 0.0633. The molecule has 4 nitrogen and oxygen atoms in total. The average Bonchev–Trinajstić information content (AvgIpc) is 2.89. The van der Waals surface area contributed by atoms with Crippen molar-refractivity contribution in [2.75, 3.05) is 19.6 Å². The first-order valence-corrected chi connectivity index (χ1v) is 8.41. The summed E-state index contributed by atoms with van der Waals surface area (Å²) in [6, 6.07) is 0.669. The number of fused-ring (bicyclic) bond motifs is 1. The van der Waals surface area contributed by atoms with Crippen molar-refractivity contribution in [3.63, 3.8) is 0 Å². The van der Waals surface area contributed by atoms with E-state index < -0.39 is 0 Å². The van der Waals surface area contributed by atoms with E-state index in [1.54, 1.807) is 0 Å². The van der Waals surface area contributed by atoms with Crippen LogP contribution in [0.1, 0.15) is 51.9 Å².